The zero-order chi connectivity index (χ0) is 23.1. The molecule has 1 amide bonds. The van der Waals surface area contributed by atoms with Crippen molar-refractivity contribution in [2.24, 2.45) is 5.10 Å². The van der Waals surface area contributed by atoms with Crippen LogP contribution in [-0.4, -0.2) is 24.7 Å². The first-order valence-electron chi connectivity index (χ1n) is 9.92. The molecule has 0 radical (unpaired) electrons. The number of carbonyl (C=O) groups is 2. The molecule has 0 unspecified atom stereocenters. The maximum atomic E-state index is 12.4. The van der Waals surface area contributed by atoms with Crippen LogP contribution in [0.3, 0.4) is 0 Å². The van der Waals surface area contributed by atoms with Gasteiger partial charge in [0.2, 0.25) is 0 Å². The summed E-state index contributed by atoms with van der Waals surface area (Å²) in [5.74, 6) is 0.0492. The molecular weight excluding hydrogens is 472 g/mol. The number of aryl methyl sites for hydroxylation is 3. The van der Waals surface area contributed by atoms with Crippen molar-refractivity contribution in [3.63, 3.8) is 0 Å². The summed E-state index contributed by atoms with van der Waals surface area (Å²) in [6.45, 7) is 5.76. The molecule has 0 bridgehead atoms. The number of carbonyl (C=O) groups excluding carboxylic acids is 2. The summed E-state index contributed by atoms with van der Waals surface area (Å²) in [6.07, 6.45) is 1.41. The third-order valence-corrected chi connectivity index (χ3v) is 5.20. The average Bonchev–Trinajstić information content (AvgIpc) is 2.76. The standard InChI is InChI=1S/C25H23BrN2O4/c1-16-4-7-19(8-5-16)25(30)32-23-11-9-21(26)13-20(23)14-27-28-24(29)15-31-22-10-6-17(2)18(3)12-22/h4-14H,15H2,1-3H3,(H,28,29). The zero-order valence-electron chi connectivity index (χ0n) is 18.0. The molecule has 1 N–H and O–H groups in total. The van der Waals surface area contributed by atoms with Gasteiger partial charge < -0.3 is 9.47 Å². The number of hydrogen-bond donors (Lipinski definition) is 1. The minimum absolute atomic E-state index is 0.173. The Bertz CT molecular complexity index is 1160. The Hall–Kier alpha value is -3.45. The van der Waals surface area contributed by atoms with Gasteiger partial charge in [0.25, 0.3) is 5.91 Å². The summed E-state index contributed by atoms with van der Waals surface area (Å²) < 4.78 is 11.8. The van der Waals surface area contributed by atoms with Crippen molar-refractivity contribution >= 4 is 34.0 Å². The Morgan fingerprint density at radius 2 is 1.72 bits per heavy atom. The van der Waals surface area contributed by atoms with Gasteiger partial charge in [-0.15, -0.1) is 0 Å². The number of amides is 1. The number of halogens is 1. The second-order valence-electron chi connectivity index (χ2n) is 7.27. The van der Waals surface area contributed by atoms with Gasteiger partial charge in [0, 0.05) is 10.0 Å². The van der Waals surface area contributed by atoms with Gasteiger partial charge in [-0.1, -0.05) is 39.7 Å². The minimum atomic E-state index is -0.479. The Kier molecular flexibility index (Phi) is 7.78. The van der Waals surface area contributed by atoms with E-state index in [9.17, 15) is 9.59 Å². The molecule has 32 heavy (non-hydrogen) atoms. The molecule has 3 aromatic rings. The van der Waals surface area contributed by atoms with Gasteiger partial charge in [-0.05, 0) is 74.4 Å². The molecule has 0 spiro atoms. The van der Waals surface area contributed by atoms with Crippen LogP contribution in [-0.2, 0) is 4.79 Å². The topological polar surface area (TPSA) is 77.0 Å². The summed E-state index contributed by atoms with van der Waals surface area (Å²) in [4.78, 5) is 24.5. The highest BCUT2D eigenvalue weighted by atomic mass is 79.9. The quantitative estimate of drug-likeness (QED) is 0.214. The molecule has 0 fully saturated rings. The van der Waals surface area contributed by atoms with Crippen LogP contribution in [0.25, 0.3) is 0 Å². The fourth-order valence-electron chi connectivity index (χ4n) is 2.72. The summed E-state index contributed by atoms with van der Waals surface area (Å²) in [7, 11) is 0. The van der Waals surface area contributed by atoms with E-state index in [-0.39, 0.29) is 6.61 Å². The van der Waals surface area contributed by atoms with E-state index in [1.54, 1.807) is 30.3 Å². The Balaban J connectivity index is 1.61. The first-order chi connectivity index (χ1) is 15.3. The SMILES string of the molecule is Cc1ccc(C(=O)Oc2ccc(Br)cc2C=NNC(=O)COc2ccc(C)c(C)c2)cc1. The molecule has 0 atom stereocenters. The largest absolute Gasteiger partial charge is 0.484 e. The number of ether oxygens (including phenoxy) is 2. The molecule has 0 aromatic heterocycles. The second kappa shape index (κ2) is 10.7. The van der Waals surface area contributed by atoms with Crippen molar-refractivity contribution < 1.29 is 19.1 Å². The van der Waals surface area contributed by atoms with Crippen LogP contribution in [0.2, 0.25) is 0 Å². The Labute approximate surface area is 195 Å². The highest BCUT2D eigenvalue weighted by molar-refractivity contribution is 9.10. The predicted molar refractivity (Wildman–Crippen MR) is 127 cm³/mol. The molecular formula is C25H23BrN2O4. The van der Waals surface area contributed by atoms with Crippen LogP contribution in [0, 0.1) is 20.8 Å². The minimum Gasteiger partial charge on any atom is -0.484 e. The lowest BCUT2D eigenvalue weighted by atomic mass is 10.1. The van der Waals surface area contributed by atoms with E-state index in [2.05, 4.69) is 26.5 Å². The maximum absolute atomic E-state index is 12.4. The predicted octanol–water partition coefficient (Wildman–Crippen LogP) is 5.12. The molecule has 0 aliphatic heterocycles. The molecule has 3 rings (SSSR count). The Morgan fingerprint density at radius 3 is 2.44 bits per heavy atom. The van der Waals surface area contributed by atoms with Gasteiger partial charge >= 0.3 is 5.97 Å². The molecule has 164 valence electrons. The lowest BCUT2D eigenvalue weighted by Gasteiger charge is -2.09. The molecule has 0 heterocycles. The molecule has 7 heteroatoms. The van der Waals surface area contributed by atoms with Crippen molar-refractivity contribution in [2.45, 2.75) is 20.8 Å². The molecule has 6 nitrogen and oxygen atoms in total. The third-order valence-electron chi connectivity index (χ3n) is 4.70. The summed E-state index contributed by atoms with van der Waals surface area (Å²) >= 11 is 3.39. The normalized spacial score (nSPS) is 10.8. The van der Waals surface area contributed by atoms with Crippen LogP contribution >= 0.6 is 15.9 Å². The van der Waals surface area contributed by atoms with E-state index >= 15 is 0 Å². The van der Waals surface area contributed by atoms with E-state index in [1.807, 2.05) is 51.1 Å². The van der Waals surface area contributed by atoms with Crippen molar-refractivity contribution in [1.29, 1.82) is 0 Å². The van der Waals surface area contributed by atoms with Crippen LogP contribution < -0.4 is 14.9 Å². The van der Waals surface area contributed by atoms with Crippen molar-refractivity contribution in [2.75, 3.05) is 6.61 Å². The van der Waals surface area contributed by atoms with Crippen molar-refractivity contribution in [1.82, 2.24) is 5.43 Å². The number of hydrazone groups is 1. The van der Waals surface area contributed by atoms with E-state index in [1.165, 1.54) is 6.21 Å². The molecule has 0 saturated carbocycles. The van der Waals surface area contributed by atoms with E-state index in [0.717, 1.165) is 21.2 Å². The smallest absolute Gasteiger partial charge is 0.343 e. The van der Waals surface area contributed by atoms with Crippen LogP contribution in [0.5, 0.6) is 11.5 Å². The van der Waals surface area contributed by atoms with Gasteiger partial charge in [-0.25, -0.2) is 10.2 Å². The monoisotopic (exact) mass is 494 g/mol. The van der Waals surface area contributed by atoms with Crippen molar-refractivity contribution in [3.05, 3.63) is 93.0 Å². The lowest BCUT2D eigenvalue weighted by molar-refractivity contribution is -0.123. The fraction of sp³-hybridized carbons (Fsp3) is 0.160. The number of rotatable bonds is 7. The Morgan fingerprint density at radius 1 is 0.969 bits per heavy atom. The average molecular weight is 495 g/mol. The maximum Gasteiger partial charge on any atom is 0.343 e. The lowest BCUT2D eigenvalue weighted by Crippen LogP contribution is -2.24. The molecule has 0 aliphatic rings. The first-order valence-corrected chi connectivity index (χ1v) is 10.7. The number of benzene rings is 3. The summed E-state index contributed by atoms with van der Waals surface area (Å²) in [6, 6.07) is 17.9. The van der Waals surface area contributed by atoms with Crippen LogP contribution in [0.15, 0.2) is 70.2 Å². The van der Waals surface area contributed by atoms with Crippen LogP contribution in [0.4, 0.5) is 0 Å². The van der Waals surface area contributed by atoms with Gasteiger partial charge in [0.05, 0.1) is 11.8 Å². The number of nitrogens with one attached hydrogen (secondary N) is 1. The fourth-order valence-corrected chi connectivity index (χ4v) is 3.10. The summed E-state index contributed by atoms with van der Waals surface area (Å²) in [5.41, 5.74) is 6.67. The van der Waals surface area contributed by atoms with Gasteiger partial charge in [-0.2, -0.15) is 5.10 Å². The number of hydrogen-bond acceptors (Lipinski definition) is 5. The van der Waals surface area contributed by atoms with E-state index in [4.69, 9.17) is 9.47 Å². The highest BCUT2D eigenvalue weighted by Crippen LogP contribution is 2.23. The number of nitrogens with zero attached hydrogens (tertiary/aromatic N) is 1. The molecule has 0 aliphatic carbocycles. The third kappa shape index (κ3) is 6.52. The van der Waals surface area contributed by atoms with Crippen molar-refractivity contribution in [3.8, 4) is 11.5 Å². The molecule has 0 saturated heterocycles. The zero-order valence-corrected chi connectivity index (χ0v) is 19.6. The van der Waals surface area contributed by atoms with Crippen LogP contribution in [0.1, 0.15) is 32.6 Å². The molecule has 3 aromatic carbocycles. The van der Waals surface area contributed by atoms with E-state index < -0.39 is 11.9 Å². The van der Waals surface area contributed by atoms with Gasteiger partial charge in [0.1, 0.15) is 11.5 Å². The van der Waals surface area contributed by atoms with Gasteiger partial charge in [0.15, 0.2) is 6.61 Å². The first kappa shape index (κ1) is 23.2. The highest BCUT2D eigenvalue weighted by Gasteiger charge is 2.12. The van der Waals surface area contributed by atoms with E-state index in [0.29, 0.717) is 22.6 Å². The van der Waals surface area contributed by atoms with Gasteiger partial charge in [-0.3, -0.25) is 4.79 Å². The second-order valence-corrected chi connectivity index (χ2v) is 8.18. The summed E-state index contributed by atoms with van der Waals surface area (Å²) in [5, 5.41) is 3.96. The number of esters is 1.